The van der Waals surface area contributed by atoms with E-state index in [0.29, 0.717) is 0 Å². The molecule has 53 heavy (non-hydrogen) atoms. The molecule has 0 bridgehead atoms. The van der Waals surface area contributed by atoms with E-state index in [2.05, 4.69) is 168 Å². The van der Waals surface area contributed by atoms with Crippen LogP contribution in [0.4, 0.5) is 34.1 Å². The zero-order valence-electron chi connectivity index (χ0n) is 29.7. The number of para-hydroxylation sites is 4. The highest BCUT2D eigenvalue weighted by atomic mass is 15.2. The van der Waals surface area contributed by atoms with Gasteiger partial charge in [-0.2, -0.15) is 0 Å². The summed E-state index contributed by atoms with van der Waals surface area (Å²) in [5.74, 6) is 0. The van der Waals surface area contributed by atoms with Crippen LogP contribution < -0.4 is 9.80 Å². The topological polar surface area (TPSA) is 19.4 Å². The second-order valence-corrected chi connectivity index (χ2v) is 15.1. The summed E-state index contributed by atoms with van der Waals surface area (Å²) in [5.41, 5.74) is 20.9. The van der Waals surface area contributed by atoms with Crippen molar-refractivity contribution in [1.82, 2.24) is 4.98 Å². The smallest absolute Gasteiger partial charge is 0.0645 e. The Kier molecular flexibility index (Phi) is 6.85. The summed E-state index contributed by atoms with van der Waals surface area (Å²) in [6.07, 6.45) is 13.3. The minimum Gasteiger partial charge on any atom is -0.310 e. The fraction of sp³-hybridized carbons (Fsp3) is 0.140. The maximum atomic E-state index is 4.94. The van der Waals surface area contributed by atoms with Gasteiger partial charge in [0.15, 0.2) is 0 Å². The van der Waals surface area contributed by atoms with E-state index in [9.17, 15) is 0 Å². The van der Waals surface area contributed by atoms with E-state index in [-0.39, 0.29) is 5.41 Å². The first kappa shape index (κ1) is 30.4. The molecule has 1 spiro atoms. The summed E-state index contributed by atoms with van der Waals surface area (Å²) in [6, 6.07) is 54.0. The van der Waals surface area contributed by atoms with Crippen molar-refractivity contribution in [2.45, 2.75) is 43.9 Å². The van der Waals surface area contributed by atoms with Gasteiger partial charge in [0.25, 0.3) is 0 Å². The van der Waals surface area contributed by atoms with Crippen molar-refractivity contribution >= 4 is 46.3 Å². The van der Waals surface area contributed by atoms with Gasteiger partial charge >= 0.3 is 0 Å². The van der Waals surface area contributed by atoms with Crippen molar-refractivity contribution in [2.75, 3.05) is 9.80 Å². The molecule has 0 N–H and O–H groups in total. The molecule has 11 rings (SSSR count). The second-order valence-electron chi connectivity index (χ2n) is 15.1. The van der Waals surface area contributed by atoms with E-state index >= 15 is 0 Å². The lowest BCUT2D eigenvalue weighted by atomic mass is 9.76. The van der Waals surface area contributed by atoms with E-state index < -0.39 is 0 Å². The van der Waals surface area contributed by atoms with Crippen LogP contribution in [0.5, 0.6) is 0 Å². The van der Waals surface area contributed by atoms with Crippen LogP contribution in [0.1, 0.15) is 70.3 Å². The quantitative estimate of drug-likeness (QED) is 0.184. The molecule has 0 amide bonds. The maximum Gasteiger partial charge on any atom is 0.0645 e. The number of anilines is 6. The molecule has 7 aromatic rings. The van der Waals surface area contributed by atoms with Gasteiger partial charge in [-0.15, -0.1) is 0 Å². The van der Waals surface area contributed by atoms with Crippen LogP contribution >= 0.6 is 0 Å². The molecular formula is C50H39N3. The highest BCUT2D eigenvalue weighted by molar-refractivity contribution is 5.89. The molecule has 3 heteroatoms. The summed E-state index contributed by atoms with van der Waals surface area (Å²) in [5, 5.41) is 0. The average molecular weight is 682 g/mol. The largest absolute Gasteiger partial charge is 0.310 e. The Morgan fingerprint density at radius 3 is 1.51 bits per heavy atom. The van der Waals surface area contributed by atoms with Gasteiger partial charge in [0.1, 0.15) is 0 Å². The summed E-state index contributed by atoms with van der Waals surface area (Å²) in [6.45, 7) is 0. The van der Waals surface area contributed by atoms with Gasteiger partial charge in [0.2, 0.25) is 0 Å². The van der Waals surface area contributed by atoms with E-state index in [1.807, 2.05) is 6.20 Å². The second kappa shape index (κ2) is 11.9. The summed E-state index contributed by atoms with van der Waals surface area (Å²) >= 11 is 0. The van der Waals surface area contributed by atoms with Crippen molar-refractivity contribution in [3.8, 4) is 11.1 Å². The van der Waals surface area contributed by atoms with Crippen molar-refractivity contribution in [3.05, 3.63) is 196 Å². The first-order valence-electron chi connectivity index (χ1n) is 19.1. The molecule has 1 saturated carbocycles. The molecule has 0 atom stereocenters. The van der Waals surface area contributed by atoms with Gasteiger partial charge in [-0.25, -0.2) is 0 Å². The van der Waals surface area contributed by atoms with Gasteiger partial charge in [0, 0.05) is 46.7 Å². The number of hydrogen-bond acceptors (Lipinski definition) is 3. The van der Waals surface area contributed by atoms with E-state index in [0.717, 1.165) is 24.2 Å². The lowest BCUT2D eigenvalue weighted by molar-refractivity contribution is 0.550. The van der Waals surface area contributed by atoms with Crippen LogP contribution in [0.15, 0.2) is 152 Å². The van der Waals surface area contributed by atoms with Crippen LogP contribution in [-0.4, -0.2) is 4.98 Å². The molecule has 4 aliphatic rings. The Labute approximate surface area is 311 Å². The Morgan fingerprint density at radius 1 is 0.472 bits per heavy atom. The number of hydrogen-bond donors (Lipinski definition) is 0. The molecular weight excluding hydrogens is 643 g/mol. The third kappa shape index (κ3) is 4.77. The Hall–Kier alpha value is -6.19. The number of aromatic nitrogens is 1. The Bertz CT molecular complexity index is 2500. The van der Waals surface area contributed by atoms with Crippen molar-refractivity contribution in [3.63, 3.8) is 0 Å². The molecule has 3 nitrogen and oxygen atoms in total. The van der Waals surface area contributed by atoms with Crippen molar-refractivity contribution < 1.29 is 0 Å². The zero-order chi connectivity index (χ0) is 34.9. The minimum atomic E-state index is 0.0558. The molecule has 0 saturated heterocycles. The van der Waals surface area contributed by atoms with Gasteiger partial charge in [-0.3, -0.25) is 4.98 Å². The molecule has 3 heterocycles. The molecule has 0 unspecified atom stereocenters. The SMILES string of the molecule is C(=Cc1ccc(N2c3ccccc3Cc3ccccc32)cn1)c1ccc2c(c1)C1(CCCC1)c1cc(N3c4ccccc4Cc4ccccc43)ccc1-2. The van der Waals surface area contributed by atoms with Crippen LogP contribution in [0, 0.1) is 0 Å². The van der Waals surface area contributed by atoms with E-state index in [1.54, 1.807) is 0 Å². The van der Waals surface area contributed by atoms with Gasteiger partial charge in [-0.05, 0) is 118 Å². The zero-order valence-corrected chi connectivity index (χ0v) is 29.7. The minimum absolute atomic E-state index is 0.0558. The summed E-state index contributed by atoms with van der Waals surface area (Å²) < 4.78 is 0. The summed E-state index contributed by atoms with van der Waals surface area (Å²) in [4.78, 5) is 9.79. The molecule has 1 aromatic heterocycles. The highest BCUT2D eigenvalue weighted by Crippen LogP contribution is 2.58. The van der Waals surface area contributed by atoms with Crippen LogP contribution in [0.2, 0.25) is 0 Å². The standard InChI is InChI=1S/C50H39N3/c1-5-15-46-35(11-1)30-36-12-2-6-16-47(36)52(46)40-24-26-43-42-25-20-34(29-44(42)50(45(43)32-40)27-9-10-28-50)19-21-39-22-23-41(33-51-39)53-48-17-7-3-13-37(48)31-38-14-4-8-18-49(38)53/h1-8,11-26,29,32-33H,9-10,27-28,30-31H2. The van der Waals surface area contributed by atoms with E-state index in [4.69, 9.17) is 4.98 Å². The predicted molar refractivity (Wildman–Crippen MR) is 219 cm³/mol. The van der Waals surface area contributed by atoms with Crippen LogP contribution in [0.3, 0.4) is 0 Å². The Balaban J connectivity index is 0.921. The fourth-order valence-electron chi connectivity index (χ4n) is 9.81. The molecule has 0 radical (unpaired) electrons. The lowest BCUT2D eigenvalue weighted by Crippen LogP contribution is -2.22. The molecule has 2 aliphatic heterocycles. The number of benzene rings is 6. The number of fused-ring (bicyclic) bond motifs is 9. The molecule has 2 aliphatic carbocycles. The maximum absolute atomic E-state index is 4.94. The van der Waals surface area contributed by atoms with Crippen LogP contribution in [-0.2, 0) is 18.3 Å². The number of rotatable bonds is 4. The van der Waals surface area contributed by atoms with E-state index in [1.165, 1.54) is 104 Å². The first-order chi connectivity index (χ1) is 26.2. The monoisotopic (exact) mass is 681 g/mol. The van der Waals surface area contributed by atoms with Gasteiger partial charge < -0.3 is 9.80 Å². The lowest BCUT2D eigenvalue weighted by Gasteiger charge is -2.34. The van der Waals surface area contributed by atoms with Crippen LogP contribution in [0.25, 0.3) is 23.3 Å². The third-order valence-corrected chi connectivity index (χ3v) is 12.3. The molecule has 254 valence electrons. The normalized spacial score (nSPS) is 15.8. The molecule has 6 aromatic carbocycles. The predicted octanol–water partition coefficient (Wildman–Crippen LogP) is 12.8. The highest BCUT2D eigenvalue weighted by Gasteiger charge is 2.45. The van der Waals surface area contributed by atoms with Gasteiger partial charge in [0.05, 0.1) is 17.6 Å². The van der Waals surface area contributed by atoms with Gasteiger partial charge in [-0.1, -0.05) is 116 Å². The first-order valence-corrected chi connectivity index (χ1v) is 19.1. The summed E-state index contributed by atoms with van der Waals surface area (Å²) in [7, 11) is 0. The fourth-order valence-corrected chi connectivity index (χ4v) is 9.81. The number of nitrogens with zero attached hydrogens (tertiary/aromatic N) is 3. The van der Waals surface area contributed by atoms with Crippen molar-refractivity contribution in [2.24, 2.45) is 0 Å². The average Bonchev–Trinajstić information content (AvgIpc) is 3.82. The molecule has 1 fully saturated rings. The third-order valence-electron chi connectivity index (χ3n) is 12.3. The number of pyridine rings is 1. The Morgan fingerprint density at radius 2 is 0.962 bits per heavy atom. The van der Waals surface area contributed by atoms with Crippen molar-refractivity contribution in [1.29, 1.82) is 0 Å².